The van der Waals surface area contributed by atoms with E-state index in [-0.39, 0.29) is 55.9 Å². The topological polar surface area (TPSA) is 170 Å². The summed E-state index contributed by atoms with van der Waals surface area (Å²) in [4.78, 5) is 68.2. The first-order valence-electron chi connectivity index (χ1n) is 22.1. The number of esters is 1. The van der Waals surface area contributed by atoms with Gasteiger partial charge in [-0.25, -0.2) is 14.1 Å². The molecule has 2 aromatic carbocycles. The number of benzene rings is 2. The zero-order valence-electron chi connectivity index (χ0n) is 37.6. The Morgan fingerprint density at radius 3 is 2.52 bits per heavy atom. The van der Waals surface area contributed by atoms with Crippen LogP contribution in [0.2, 0.25) is 0 Å². The highest BCUT2D eigenvalue weighted by molar-refractivity contribution is 7.87. The number of halogens is 1. The molecule has 4 heterocycles. The van der Waals surface area contributed by atoms with Gasteiger partial charge < -0.3 is 14.4 Å². The van der Waals surface area contributed by atoms with Gasteiger partial charge in [-0.3, -0.25) is 23.7 Å². The Morgan fingerprint density at radius 2 is 1.81 bits per heavy atom. The Hall–Kier alpha value is -5.00. The third kappa shape index (κ3) is 10.6. The van der Waals surface area contributed by atoms with Crippen LogP contribution in [-0.4, -0.2) is 94.1 Å². The summed E-state index contributed by atoms with van der Waals surface area (Å²) in [6.07, 6.45) is 7.03. The number of aromatic nitrogens is 3. The van der Waals surface area contributed by atoms with Gasteiger partial charge in [-0.05, 0) is 96.0 Å². The molecule has 7 rings (SSSR count). The number of Topliss-reactive ketones (excluding diaryl/α,β-unsaturated/α-hetero) is 1. The smallest absolute Gasteiger partial charge is 0.307 e. The van der Waals surface area contributed by atoms with Crippen LogP contribution in [0.5, 0.6) is 6.01 Å². The Bertz CT molecular complexity index is 2530. The summed E-state index contributed by atoms with van der Waals surface area (Å²) in [5, 5.41) is 2.73. The predicted molar refractivity (Wildman–Crippen MR) is 242 cm³/mol. The van der Waals surface area contributed by atoms with Crippen molar-refractivity contribution in [2.24, 2.45) is 17.3 Å². The number of hydrogen-bond donors (Lipinski definition) is 1. The first-order chi connectivity index (χ1) is 30.2. The minimum absolute atomic E-state index is 0.0188. The van der Waals surface area contributed by atoms with Crippen molar-refractivity contribution in [3.8, 4) is 16.6 Å². The number of nitrogens with zero attached hydrogens (tertiary/aromatic N) is 5. The molecule has 17 heteroatoms. The molecule has 1 aliphatic carbocycles. The summed E-state index contributed by atoms with van der Waals surface area (Å²) in [6.45, 7) is 9.36. The third-order valence-corrected chi connectivity index (χ3v) is 14.6. The number of carbonyl (C=O) groups excluding carboxylic acids is 4. The van der Waals surface area contributed by atoms with E-state index in [2.05, 4.69) is 4.72 Å². The van der Waals surface area contributed by atoms with E-state index >= 15 is 0 Å². The fraction of sp³-hybridized carbons (Fsp3) is 0.532. The average Bonchev–Trinajstić information content (AvgIpc) is 3.53. The molecule has 0 spiro atoms. The van der Waals surface area contributed by atoms with Crippen LogP contribution >= 0.6 is 11.3 Å². The van der Waals surface area contributed by atoms with Gasteiger partial charge in [0, 0.05) is 56.3 Å². The number of nitrogens with one attached hydrogen (secondary N) is 1. The molecular weight excluding hydrogens is 860 g/mol. The number of allylic oxidation sites excluding steroid dienone is 2. The SMILES string of the molecule is CC(C)n1c(O[C@@H]2C[C@H]3C(=O)C[C@]4(C(=O)NS(=O)(=O)N(C)C)C[C@@H]4/C=C\CCCCC[C@H](CC(=O)OC(C)(C)C)C(=O)N3C2)nc2c(-c3nc(Cc4ccc(F)cc4)cs3)cccc21. The van der Waals surface area contributed by atoms with E-state index in [0.717, 1.165) is 44.5 Å². The van der Waals surface area contributed by atoms with Crippen molar-refractivity contribution in [2.75, 3.05) is 20.6 Å². The van der Waals surface area contributed by atoms with Crippen molar-refractivity contribution in [1.29, 1.82) is 0 Å². The molecule has 0 radical (unpaired) electrons. The van der Waals surface area contributed by atoms with E-state index in [1.54, 1.807) is 32.9 Å². The average molecular weight is 919 g/mol. The number of fused-ring (bicyclic) bond motifs is 3. The second kappa shape index (κ2) is 18.8. The summed E-state index contributed by atoms with van der Waals surface area (Å²) < 4.78 is 56.8. The summed E-state index contributed by atoms with van der Waals surface area (Å²) in [5.41, 5.74) is 1.97. The van der Waals surface area contributed by atoms with E-state index in [1.807, 2.05) is 54.1 Å². The van der Waals surface area contributed by atoms with Crippen molar-refractivity contribution < 1.29 is 41.5 Å². The molecule has 2 fully saturated rings. The molecule has 1 N–H and O–H groups in total. The molecule has 64 heavy (non-hydrogen) atoms. The van der Waals surface area contributed by atoms with Crippen LogP contribution in [0.3, 0.4) is 0 Å². The van der Waals surface area contributed by atoms with E-state index in [1.165, 1.54) is 42.5 Å². The fourth-order valence-electron chi connectivity index (χ4n) is 8.85. The molecule has 0 bridgehead atoms. The number of ketones is 1. The Labute approximate surface area is 378 Å². The number of carbonyl (C=O) groups is 4. The van der Waals surface area contributed by atoms with Gasteiger partial charge in [0.15, 0.2) is 5.78 Å². The maximum Gasteiger partial charge on any atom is 0.307 e. The summed E-state index contributed by atoms with van der Waals surface area (Å²) in [7, 11) is -1.52. The van der Waals surface area contributed by atoms with Gasteiger partial charge in [-0.2, -0.15) is 17.7 Å². The quantitative estimate of drug-likeness (QED) is 0.117. The van der Waals surface area contributed by atoms with Crippen LogP contribution in [0, 0.1) is 23.1 Å². The minimum Gasteiger partial charge on any atom is -0.460 e. The fourth-order valence-corrected chi connectivity index (χ4v) is 10.3. The standard InChI is InChI=1S/C47H59FN6O8S2/c1-29(2)54-37-17-13-16-36(42-49-34(28-63-42)22-30-18-20-33(48)21-19-30)41(37)50-45(54)61-35-24-38-39(55)26-47(44(58)51-64(59,60)52(6)7)25-32(47)15-12-10-8-9-11-14-31(43(57)53(38)27-35)23-40(56)62-46(3,4)5/h12-13,15-21,28-29,31-32,35,38H,8-11,14,22-27H2,1-7H3,(H,51,58)/b15-12-/t31-,32+,35-,38+,47-/m1/s1. The second-order valence-corrected chi connectivity index (χ2v) is 21.6. The predicted octanol–water partition coefficient (Wildman–Crippen LogP) is 7.58. The summed E-state index contributed by atoms with van der Waals surface area (Å²) >= 11 is 1.48. The number of para-hydroxylation sites is 1. The summed E-state index contributed by atoms with van der Waals surface area (Å²) in [6, 6.07) is 11.4. The molecule has 344 valence electrons. The van der Waals surface area contributed by atoms with Crippen LogP contribution < -0.4 is 9.46 Å². The first kappa shape index (κ1) is 47.0. The maximum absolute atomic E-state index is 14.8. The van der Waals surface area contributed by atoms with Crippen molar-refractivity contribution >= 4 is 56.1 Å². The number of imidazole rings is 1. The lowest BCUT2D eigenvalue weighted by Gasteiger charge is -2.29. The molecule has 2 amide bonds. The normalized spacial score (nSPS) is 23.9. The molecule has 0 unspecified atom stereocenters. The lowest BCUT2D eigenvalue weighted by atomic mass is 9.90. The number of rotatable bonds is 11. The minimum atomic E-state index is -4.15. The van der Waals surface area contributed by atoms with E-state index in [4.69, 9.17) is 19.4 Å². The van der Waals surface area contributed by atoms with Crippen LogP contribution in [0.25, 0.3) is 21.6 Å². The van der Waals surface area contributed by atoms with Gasteiger partial charge in [-0.1, -0.05) is 43.2 Å². The molecular formula is C47H59FN6O8S2. The van der Waals surface area contributed by atoms with Gasteiger partial charge in [0.05, 0.1) is 35.6 Å². The van der Waals surface area contributed by atoms with Crippen LogP contribution in [-0.2, 0) is 40.5 Å². The highest BCUT2D eigenvalue weighted by atomic mass is 32.2. The maximum atomic E-state index is 14.8. The first-order valence-corrected chi connectivity index (χ1v) is 24.4. The van der Waals surface area contributed by atoms with E-state index in [0.29, 0.717) is 37.2 Å². The van der Waals surface area contributed by atoms with Crippen molar-refractivity contribution in [3.05, 3.63) is 77.1 Å². The van der Waals surface area contributed by atoms with Crippen LogP contribution in [0.15, 0.2) is 60.0 Å². The number of hydrogen-bond acceptors (Lipinski definition) is 11. The number of ether oxygens (including phenoxy) is 2. The second-order valence-electron chi connectivity index (χ2n) is 18.8. The molecule has 4 aromatic rings. The highest BCUT2D eigenvalue weighted by Gasteiger charge is 2.61. The Kier molecular flexibility index (Phi) is 13.8. The highest BCUT2D eigenvalue weighted by Crippen LogP contribution is 2.57. The molecule has 2 aliphatic heterocycles. The van der Waals surface area contributed by atoms with Gasteiger partial charge in [0.25, 0.3) is 6.01 Å². The number of amides is 2. The molecule has 1 saturated carbocycles. The largest absolute Gasteiger partial charge is 0.460 e. The van der Waals surface area contributed by atoms with Crippen molar-refractivity contribution in [2.45, 2.75) is 123 Å². The van der Waals surface area contributed by atoms with E-state index in [9.17, 15) is 32.0 Å². The molecule has 14 nitrogen and oxygen atoms in total. The van der Waals surface area contributed by atoms with Crippen molar-refractivity contribution in [1.82, 2.24) is 28.5 Å². The molecule has 2 aromatic heterocycles. The van der Waals surface area contributed by atoms with Crippen LogP contribution in [0.1, 0.15) is 110 Å². The van der Waals surface area contributed by atoms with Gasteiger partial charge >= 0.3 is 16.2 Å². The van der Waals surface area contributed by atoms with Gasteiger partial charge in [0.2, 0.25) is 11.8 Å². The lowest BCUT2D eigenvalue weighted by Crippen LogP contribution is -2.47. The van der Waals surface area contributed by atoms with Gasteiger partial charge in [-0.15, -0.1) is 11.3 Å². The Morgan fingerprint density at radius 1 is 1.06 bits per heavy atom. The number of thiazole rings is 1. The monoisotopic (exact) mass is 918 g/mol. The molecule has 3 aliphatic rings. The van der Waals surface area contributed by atoms with Crippen molar-refractivity contribution in [3.63, 3.8) is 0 Å². The van der Waals surface area contributed by atoms with E-state index < -0.39 is 56.9 Å². The van der Waals surface area contributed by atoms with Gasteiger partial charge in [0.1, 0.15) is 28.0 Å². The molecule has 1 saturated heterocycles. The van der Waals surface area contributed by atoms with Crippen LogP contribution in [0.4, 0.5) is 4.39 Å². The Balaban J connectivity index is 1.21. The summed E-state index contributed by atoms with van der Waals surface area (Å²) in [5.74, 6) is -3.46. The molecule has 5 atom stereocenters. The zero-order valence-corrected chi connectivity index (χ0v) is 39.3. The third-order valence-electron chi connectivity index (χ3n) is 12.2. The zero-order chi connectivity index (χ0) is 46.1. The lowest BCUT2D eigenvalue weighted by molar-refractivity contribution is -0.159.